The maximum atomic E-state index is 10.4. The largest absolute Gasteiger partial charge is 0.488 e. The van der Waals surface area contributed by atoms with Gasteiger partial charge in [-0.25, -0.2) is 15.0 Å². The molecule has 9 nitrogen and oxygen atoms in total. The lowest BCUT2D eigenvalue weighted by molar-refractivity contribution is -0.103. The molecule has 0 radical (unpaired) electrons. The Morgan fingerprint density at radius 1 is 1.19 bits per heavy atom. The average Bonchev–Trinajstić information content (AvgIpc) is 2.91. The third kappa shape index (κ3) is 5.73. The smallest absolute Gasteiger partial charge is 0.192 e. The number of anilines is 3. The first-order chi connectivity index (χ1) is 17.7. The first-order valence-electron chi connectivity index (χ1n) is 12.3. The van der Waals surface area contributed by atoms with E-state index in [1.807, 2.05) is 31.2 Å². The van der Waals surface area contributed by atoms with Gasteiger partial charge in [0.05, 0.1) is 18.7 Å². The van der Waals surface area contributed by atoms with Gasteiger partial charge in [0.15, 0.2) is 12.1 Å². The van der Waals surface area contributed by atoms with Crippen molar-refractivity contribution < 1.29 is 14.3 Å². The van der Waals surface area contributed by atoms with Crippen molar-refractivity contribution >= 4 is 34.6 Å². The van der Waals surface area contributed by atoms with Crippen molar-refractivity contribution in [3.05, 3.63) is 42.2 Å². The topological polar surface area (TPSA) is 92.7 Å². The molecule has 9 heteroatoms. The first kappa shape index (κ1) is 24.0. The van der Waals surface area contributed by atoms with Gasteiger partial charge in [-0.1, -0.05) is 5.92 Å². The Morgan fingerprint density at radius 2 is 2.08 bits per heavy atom. The second-order valence-electron chi connectivity index (χ2n) is 9.02. The van der Waals surface area contributed by atoms with Crippen molar-refractivity contribution in [3.63, 3.8) is 0 Å². The molecule has 0 saturated carbocycles. The minimum atomic E-state index is 0.107. The highest BCUT2D eigenvalue weighted by atomic mass is 16.5. The number of carbonyl (C=O) groups is 1. The lowest BCUT2D eigenvalue weighted by Gasteiger charge is -2.34. The van der Waals surface area contributed by atoms with Crippen LogP contribution in [0.25, 0.3) is 11.0 Å². The van der Waals surface area contributed by atoms with Crippen LogP contribution in [0.15, 0.2) is 36.7 Å². The van der Waals surface area contributed by atoms with E-state index < -0.39 is 0 Å². The van der Waals surface area contributed by atoms with Gasteiger partial charge in [-0.2, -0.15) is 0 Å². The monoisotopic (exact) mass is 486 g/mol. The van der Waals surface area contributed by atoms with Crippen LogP contribution < -0.4 is 15.0 Å². The number of hydrogen-bond acceptors (Lipinski definition) is 9. The Labute approximate surface area is 210 Å². The summed E-state index contributed by atoms with van der Waals surface area (Å²) in [6, 6.07) is 10.0. The van der Waals surface area contributed by atoms with E-state index in [4.69, 9.17) is 14.5 Å². The van der Waals surface area contributed by atoms with Crippen LogP contribution in [0.3, 0.4) is 0 Å². The summed E-state index contributed by atoms with van der Waals surface area (Å²) in [4.78, 5) is 28.7. The number of fused-ring (bicyclic) bond motifs is 1. The van der Waals surface area contributed by atoms with Gasteiger partial charge in [-0.3, -0.25) is 9.69 Å². The molecule has 2 aliphatic heterocycles. The normalized spacial score (nSPS) is 18.4. The fourth-order valence-electron chi connectivity index (χ4n) is 4.51. The standard InChI is InChI=1S/C27H30N6O3/c1-20-17-21(6-8-24(20)36-22-5-4-16-35-18-22)30-27-26-23(28-19-29-27)7-9-25(31-26)33-13-11-32(12-14-33)10-2-3-15-34/h6-9,15,17,19,22H,4-5,10-14,16,18H2,1H3,(H,28,29,30)/t22-/m0/s1. The zero-order valence-corrected chi connectivity index (χ0v) is 20.4. The second-order valence-corrected chi connectivity index (χ2v) is 9.02. The van der Waals surface area contributed by atoms with Crippen LogP contribution in [-0.4, -0.2) is 78.2 Å². The van der Waals surface area contributed by atoms with Gasteiger partial charge >= 0.3 is 0 Å². The zero-order chi connectivity index (χ0) is 24.7. The third-order valence-electron chi connectivity index (χ3n) is 6.48. The van der Waals surface area contributed by atoms with Crippen LogP contribution in [-0.2, 0) is 9.53 Å². The van der Waals surface area contributed by atoms with E-state index in [-0.39, 0.29) is 6.10 Å². The summed E-state index contributed by atoms with van der Waals surface area (Å²) in [7, 11) is 0. The minimum Gasteiger partial charge on any atom is -0.488 e. The predicted molar refractivity (Wildman–Crippen MR) is 139 cm³/mol. The molecule has 0 aliphatic carbocycles. The quantitative estimate of drug-likeness (QED) is 0.417. The van der Waals surface area contributed by atoms with E-state index in [2.05, 4.69) is 43.0 Å². The number of pyridine rings is 1. The predicted octanol–water partition coefficient (Wildman–Crippen LogP) is 2.96. The summed E-state index contributed by atoms with van der Waals surface area (Å²) in [5.74, 6) is 7.79. The number of hydrogen-bond donors (Lipinski definition) is 1. The van der Waals surface area contributed by atoms with Crippen LogP contribution in [0.2, 0.25) is 0 Å². The zero-order valence-electron chi connectivity index (χ0n) is 20.4. The first-order valence-corrected chi connectivity index (χ1v) is 12.3. The number of rotatable bonds is 6. The van der Waals surface area contributed by atoms with Gasteiger partial charge in [0.1, 0.15) is 29.5 Å². The molecule has 0 bridgehead atoms. The van der Waals surface area contributed by atoms with Gasteiger partial charge in [0.2, 0.25) is 0 Å². The minimum absolute atomic E-state index is 0.107. The van der Waals surface area contributed by atoms with E-state index in [1.54, 1.807) is 6.33 Å². The van der Waals surface area contributed by atoms with Gasteiger partial charge in [-0.15, -0.1) is 0 Å². The second kappa shape index (κ2) is 11.3. The molecule has 4 heterocycles. The lowest BCUT2D eigenvalue weighted by atomic mass is 10.1. The number of aldehydes is 1. The number of carbonyl (C=O) groups excluding carboxylic acids is 1. The molecule has 2 aliphatic rings. The van der Waals surface area contributed by atoms with Crippen LogP contribution in [0.1, 0.15) is 18.4 Å². The molecule has 36 heavy (non-hydrogen) atoms. The SMILES string of the molecule is Cc1cc(Nc2ncnc3ccc(N4CCN(CC#CC=O)CC4)nc23)ccc1O[C@H]1CCCOC1. The summed E-state index contributed by atoms with van der Waals surface area (Å²) < 4.78 is 11.7. The number of benzene rings is 1. The van der Waals surface area contributed by atoms with E-state index in [0.29, 0.717) is 25.3 Å². The number of aryl methyl sites for hydroxylation is 1. The highest BCUT2D eigenvalue weighted by molar-refractivity contribution is 5.88. The third-order valence-corrected chi connectivity index (χ3v) is 6.48. The number of nitrogens with one attached hydrogen (secondary N) is 1. The fraction of sp³-hybridized carbons (Fsp3) is 0.407. The summed E-state index contributed by atoms with van der Waals surface area (Å²) in [5, 5.41) is 3.42. The van der Waals surface area contributed by atoms with Crippen molar-refractivity contribution in [2.24, 2.45) is 0 Å². The maximum absolute atomic E-state index is 10.4. The van der Waals surface area contributed by atoms with Crippen LogP contribution >= 0.6 is 0 Å². The molecule has 5 rings (SSSR count). The van der Waals surface area contributed by atoms with Crippen molar-refractivity contribution in [2.75, 3.05) is 56.2 Å². The number of ether oxygens (including phenoxy) is 2. The molecular weight excluding hydrogens is 456 g/mol. The molecular formula is C27H30N6O3. The van der Waals surface area contributed by atoms with Crippen molar-refractivity contribution in [2.45, 2.75) is 25.9 Å². The summed E-state index contributed by atoms with van der Waals surface area (Å²) in [5.41, 5.74) is 3.48. The molecule has 186 valence electrons. The van der Waals surface area contributed by atoms with Crippen molar-refractivity contribution in [1.29, 1.82) is 0 Å². The molecule has 1 N–H and O–H groups in total. The van der Waals surface area contributed by atoms with E-state index >= 15 is 0 Å². The lowest BCUT2D eigenvalue weighted by Crippen LogP contribution is -2.46. The molecule has 0 spiro atoms. The Balaban J connectivity index is 1.29. The summed E-state index contributed by atoms with van der Waals surface area (Å²) in [6.45, 7) is 7.52. The van der Waals surface area contributed by atoms with Gasteiger partial charge < -0.3 is 19.7 Å². The average molecular weight is 487 g/mol. The van der Waals surface area contributed by atoms with Gasteiger partial charge in [0, 0.05) is 38.5 Å². The molecule has 0 unspecified atom stereocenters. The Kier molecular flexibility index (Phi) is 7.55. The highest BCUT2D eigenvalue weighted by Crippen LogP contribution is 2.28. The molecule has 1 aromatic carbocycles. The van der Waals surface area contributed by atoms with Gasteiger partial charge in [0.25, 0.3) is 0 Å². The Hall–Kier alpha value is -3.74. The number of aromatic nitrogens is 3. The molecule has 3 aromatic rings. The van der Waals surface area contributed by atoms with E-state index in [9.17, 15) is 4.79 Å². The van der Waals surface area contributed by atoms with Gasteiger partial charge in [-0.05, 0) is 61.6 Å². The van der Waals surface area contributed by atoms with Crippen LogP contribution in [0, 0.1) is 18.8 Å². The number of nitrogens with zero attached hydrogens (tertiary/aromatic N) is 5. The Bertz CT molecular complexity index is 1270. The summed E-state index contributed by atoms with van der Waals surface area (Å²) in [6.07, 6.45) is 4.35. The van der Waals surface area contributed by atoms with Crippen LogP contribution in [0.5, 0.6) is 5.75 Å². The van der Waals surface area contributed by atoms with Crippen molar-refractivity contribution in [1.82, 2.24) is 19.9 Å². The van der Waals surface area contributed by atoms with E-state index in [0.717, 1.165) is 79.5 Å². The highest BCUT2D eigenvalue weighted by Gasteiger charge is 2.19. The van der Waals surface area contributed by atoms with E-state index in [1.165, 1.54) is 0 Å². The summed E-state index contributed by atoms with van der Waals surface area (Å²) >= 11 is 0. The maximum Gasteiger partial charge on any atom is 0.192 e. The molecule has 2 aromatic heterocycles. The molecule has 0 amide bonds. The fourth-order valence-corrected chi connectivity index (χ4v) is 4.51. The molecule has 1 atom stereocenters. The van der Waals surface area contributed by atoms with Crippen molar-refractivity contribution in [3.8, 4) is 17.6 Å². The molecule has 2 saturated heterocycles. The van der Waals surface area contributed by atoms with Crippen LogP contribution in [0.4, 0.5) is 17.3 Å². The Morgan fingerprint density at radius 3 is 2.86 bits per heavy atom. The number of piperazine rings is 1. The molecule has 2 fully saturated rings.